The van der Waals surface area contributed by atoms with Gasteiger partial charge in [-0.05, 0) is 35.2 Å². The molecule has 4 heteroatoms. The third-order valence-electron chi connectivity index (χ3n) is 5.30. The Morgan fingerprint density at radius 3 is 2.14 bits per heavy atom. The summed E-state index contributed by atoms with van der Waals surface area (Å²) in [5.41, 5.74) is 3.58. The SMILES string of the molecule is COc1ccc(C2=C(O)C(=O)N(CCc3ccccc3)[C@@H]2c2ccccc2)cc1. The maximum absolute atomic E-state index is 13.0. The third-order valence-corrected chi connectivity index (χ3v) is 5.30. The molecule has 1 amide bonds. The number of carbonyl (C=O) groups excluding carboxylic acids is 1. The van der Waals surface area contributed by atoms with Gasteiger partial charge in [0.25, 0.3) is 5.91 Å². The molecule has 146 valence electrons. The van der Waals surface area contributed by atoms with E-state index in [1.165, 1.54) is 0 Å². The number of nitrogens with zero attached hydrogens (tertiary/aromatic N) is 1. The largest absolute Gasteiger partial charge is 0.503 e. The summed E-state index contributed by atoms with van der Waals surface area (Å²) >= 11 is 0. The van der Waals surface area contributed by atoms with Crippen LogP contribution in [0.2, 0.25) is 0 Å². The van der Waals surface area contributed by atoms with Gasteiger partial charge in [0.15, 0.2) is 5.76 Å². The van der Waals surface area contributed by atoms with Crippen molar-refractivity contribution in [2.24, 2.45) is 0 Å². The van der Waals surface area contributed by atoms with Crippen molar-refractivity contribution in [1.82, 2.24) is 4.90 Å². The van der Waals surface area contributed by atoms with Crippen LogP contribution in [0.3, 0.4) is 0 Å². The second kappa shape index (κ2) is 8.23. The van der Waals surface area contributed by atoms with E-state index in [0.717, 1.165) is 28.9 Å². The van der Waals surface area contributed by atoms with E-state index in [0.29, 0.717) is 12.1 Å². The first-order chi connectivity index (χ1) is 14.2. The first-order valence-electron chi connectivity index (χ1n) is 9.66. The van der Waals surface area contributed by atoms with Gasteiger partial charge in [-0.1, -0.05) is 72.8 Å². The molecule has 0 bridgehead atoms. The van der Waals surface area contributed by atoms with E-state index < -0.39 is 0 Å². The lowest BCUT2D eigenvalue weighted by molar-refractivity contribution is -0.129. The third kappa shape index (κ3) is 3.74. The van der Waals surface area contributed by atoms with E-state index in [1.54, 1.807) is 12.0 Å². The minimum atomic E-state index is -0.333. The summed E-state index contributed by atoms with van der Waals surface area (Å²) in [6.45, 7) is 0.520. The highest BCUT2D eigenvalue weighted by molar-refractivity contribution is 6.05. The first-order valence-corrected chi connectivity index (χ1v) is 9.66. The summed E-state index contributed by atoms with van der Waals surface area (Å²) in [6.07, 6.45) is 0.721. The molecule has 0 fully saturated rings. The molecule has 1 aliphatic rings. The summed E-state index contributed by atoms with van der Waals surface area (Å²) in [5, 5.41) is 10.8. The predicted octanol–water partition coefficient (Wildman–Crippen LogP) is 4.79. The summed E-state index contributed by atoms with van der Waals surface area (Å²) < 4.78 is 5.24. The number of methoxy groups -OCH3 is 1. The molecule has 4 rings (SSSR count). The Labute approximate surface area is 170 Å². The lowest BCUT2D eigenvalue weighted by Crippen LogP contribution is -2.32. The number of hydrogen-bond acceptors (Lipinski definition) is 3. The van der Waals surface area contributed by atoms with Gasteiger partial charge in [0, 0.05) is 12.1 Å². The molecule has 0 saturated carbocycles. The van der Waals surface area contributed by atoms with Crippen LogP contribution in [0.5, 0.6) is 5.75 Å². The fraction of sp³-hybridized carbons (Fsp3) is 0.160. The van der Waals surface area contributed by atoms with Gasteiger partial charge in [-0.25, -0.2) is 0 Å². The van der Waals surface area contributed by atoms with Gasteiger partial charge < -0.3 is 14.7 Å². The molecule has 3 aromatic carbocycles. The number of benzene rings is 3. The smallest absolute Gasteiger partial charge is 0.289 e. The first kappa shape index (κ1) is 18.8. The van der Waals surface area contributed by atoms with E-state index >= 15 is 0 Å². The highest BCUT2D eigenvalue weighted by Crippen LogP contribution is 2.43. The monoisotopic (exact) mass is 385 g/mol. The summed E-state index contributed by atoms with van der Waals surface area (Å²) in [6, 6.07) is 27.0. The van der Waals surface area contributed by atoms with Crippen molar-refractivity contribution in [3.8, 4) is 5.75 Å². The fourth-order valence-electron chi connectivity index (χ4n) is 3.83. The van der Waals surface area contributed by atoms with Crippen LogP contribution in [0.25, 0.3) is 5.57 Å². The molecular formula is C25H23NO3. The topological polar surface area (TPSA) is 49.8 Å². The zero-order valence-corrected chi connectivity index (χ0v) is 16.3. The van der Waals surface area contributed by atoms with Crippen LogP contribution >= 0.6 is 0 Å². The van der Waals surface area contributed by atoms with Crippen molar-refractivity contribution in [3.63, 3.8) is 0 Å². The number of aliphatic hydroxyl groups is 1. The van der Waals surface area contributed by atoms with Crippen LogP contribution in [0.1, 0.15) is 22.7 Å². The van der Waals surface area contributed by atoms with Crippen LogP contribution in [-0.2, 0) is 11.2 Å². The van der Waals surface area contributed by atoms with E-state index in [-0.39, 0.29) is 17.7 Å². The molecule has 1 heterocycles. The van der Waals surface area contributed by atoms with Crippen LogP contribution in [0.4, 0.5) is 0 Å². The van der Waals surface area contributed by atoms with Gasteiger partial charge in [0.2, 0.25) is 0 Å². The highest BCUT2D eigenvalue weighted by Gasteiger charge is 2.40. The predicted molar refractivity (Wildman–Crippen MR) is 114 cm³/mol. The van der Waals surface area contributed by atoms with Crippen LogP contribution < -0.4 is 4.74 Å². The molecule has 1 aliphatic heterocycles. The molecular weight excluding hydrogens is 362 g/mol. The van der Waals surface area contributed by atoms with Gasteiger partial charge >= 0.3 is 0 Å². The standard InChI is InChI=1S/C25H23NO3/c1-29-21-14-12-19(13-15-21)22-23(20-10-6-3-7-11-20)26(25(28)24(22)27)17-16-18-8-4-2-5-9-18/h2-15,23,27H,16-17H2,1H3/t23-/m1/s1. The Hall–Kier alpha value is -3.53. The van der Waals surface area contributed by atoms with Gasteiger partial charge in [0.05, 0.1) is 13.2 Å². The number of ether oxygens (including phenoxy) is 1. The van der Waals surface area contributed by atoms with E-state index in [1.807, 2.05) is 72.8 Å². The van der Waals surface area contributed by atoms with Crippen LogP contribution in [0, 0.1) is 0 Å². The molecule has 1 atom stereocenters. The number of aliphatic hydroxyl groups excluding tert-OH is 1. The van der Waals surface area contributed by atoms with Gasteiger partial charge in [-0.3, -0.25) is 4.79 Å². The molecule has 0 aliphatic carbocycles. The molecule has 0 radical (unpaired) electrons. The zero-order valence-electron chi connectivity index (χ0n) is 16.3. The average molecular weight is 385 g/mol. The van der Waals surface area contributed by atoms with Crippen molar-refractivity contribution >= 4 is 11.5 Å². The fourth-order valence-corrected chi connectivity index (χ4v) is 3.83. The number of carbonyl (C=O) groups is 1. The number of rotatable bonds is 6. The molecule has 0 unspecified atom stereocenters. The van der Waals surface area contributed by atoms with Crippen molar-refractivity contribution in [2.45, 2.75) is 12.5 Å². The summed E-state index contributed by atoms with van der Waals surface area (Å²) in [4.78, 5) is 14.8. The second-order valence-corrected chi connectivity index (χ2v) is 7.04. The van der Waals surface area contributed by atoms with Crippen molar-refractivity contribution in [2.75, 3.05) is 13.7 Å². The van der Waals surface area contributed by atoms with Crippen molar-refractivity contribution in [3.05, 3.63) is 107 Å². The molecule has 29 heavy (non-hydrogen) atoms. The quantitative estimate of drug-likeness (QED) is 0.664. The summed E-state index contributed by atoms with van der Waals surface area (Å²) in [7, 11) is 1.61. The Kier molecular flexibility index (Phi) is 5.34. The second-order valence-electron chi connectivity index (χ2n) is 7.04. The van der Waals surface area contributed by atoms with E-state index in [4.69, 9.17) is 4.74 Å². The molecule has 1 N–H and O–H groups in total. The van der Waals surface area contributed by atoms with Crippen LogP contribution in [0.15, 0.2) is 90.7 Å². The van der Waals surface area contributed by atoms with Crippen molar-refractivity contribution in [1.29, 1.82) is 0 Å². The molecule has 4 nitrogen and oxygen atoms in total. The molecule has 3 aromatic rings. The van der Waals surface area contributed by atoms with Gasteiger partial charge in [-0.2, -0.15) is 0 Å². The van der Waals surface area contributed by atoms with Gasteiger partial charge in [0.1, 0.15) is 5.75 Å². The Bertz CT molecular complexity index is 1010. The summed E-state index contributed by atoms with van der Waals surface area (Å²) in [5.74, 6) is 0.216. The normalized spacial score (nSPS) is 16.4. The number of hydrogen-bond donors (Lipinski definition) is 1. The maximum Gasteiger partial charge on any atom is 0.289 e. The Morgan fingerprint density at radius 1 is 0.897 bits per heavy atom. The highest BCUT2D eigenvalue weighted by atomic mass is 16.5. The Balaban J connectivity index is 1.71. The lowest BCUT2D eigenvalue weighted by atomic mass is 9.93. The average Bonchev–Trinajstić information content (AvgIpc) is 3.04. The Morgan fingerprint density at radius 2 is 1.52 bits per heavy atom. The molecule has 0 aromatic heterocycles. The maximum atomic E-state index is 13.0. The van der Waals surface area contributed by atoms with E-state index in [9.17, 15) is 9.90 Å². The van der Waals surface area contributed by atoms with Crippen LogP contribution in [-0.4, -0.2) is 29.6 Å². The van der Waals surface area contributed by atoms with Crippen molar-refractivity contribution < 1.29 is 14.6 Å². The van der Waals surface area contributed by atoms with E-state index in [2.05, 4.69) is 12.1 Å². The zero-order chi connectivity index (χ0) is 20.2. The molecule has 0 spiro atoms. The van der Waals surface area contributed by atoms with Gasteiger partial charge in [-0.15, -0.1) is 0 Å². The minimum Gasteiger partial charge on any atom is -0.503 e. The minimum absolute atomic E-state index is 0.183. The number of amides is 1. The lowest BCUT2D eigenvalue weighted by Gasteiger charge is -2.27. The molecule has 0 saturated heterocycles.